The van der Waals surface area contributed by atoms with Gasteiger partial charge in [-0.1, -0.05) is 18.2 Å². The lowest BCUT2D eigenvalue weighted by atomic mass is 10.1. The summed E-state index contributed by atoms with van der Waals surface area (Å²) in [6, 6.07) is 5.65. The smallest absolute Gasteiger partial charge is 0.444 e. The first kappa shape index (κ1) is 16.9. The van der Waals surface area contributed by atoms with Crippen molar-refractivity contribution in [3.8, 4) is 0 Å². The minimum Gasteiger partial charge on any atom is -0.444 e. The second kappa shape index (κ2) is 5.83. The number of carbonyl (C=O) groups is 1. The summed E-state index contributed by atoms with van der Waals surface area (Å²) in [6.07, 6.45) is 1.25. The van der Waals surface area contributed by atoms with Gasteiger partial charge in [0.15, 0.2) is 0 Å². The summed E-state index contributed by atoms with van der Waals surface area (Å²) in [5, 5.41) is 0. The fraction of sp³-hybridized carbons (Fsp3) is 0.500. The monoisotopic (exact) mass is 364 g/mol. The number of para-hydroxylation sites is 1. The van der Waals surface area contributed by atoms with E-state index in [9.17, 15) is 26.4 Å². The van der Waals surface area contributed by atoms with E-state index in [4.69, 9.17) is 4.74 Å². The third-order valence-electron chi connectivity index (χ3n) is 3.99. The topological polar surface area (TPSA) is 75.7 Å². The van der Waals surface area contributed by atoms with Crippen LogP contribution < -0.4 is 4.72 Å². The van der Waals surface area contributed by atoms with E-state index in [1.54, 1.807) is 6.07 Å². The number of carbonyl (C=O) groups excluding carboxylic acids is 1. The Balaban J connectivity index is 1.76. The lowest BCUT2D eigenvalue weighted by molar-refractivity contribution is -0.0429. The molecular weight excluding hydrogens is 349 g/mol. The molecule has 1 saturated carbocycles. The van der Waals surface area contributed by atoms with Crippen LogP contribution in [0.15, 0.2) is 24.3 Å². The SMILES string of the molecule is O=C1OC(C2CC2)CN1Cc1ccccc1NS(=O)(=O)C(F)(F)F. The zero-order chi connectivity index (χ0) is 17.5. The van der Waals surface area contributed by atoms with Crippen LogP contribution in [0, 0.1) is 5.92 Å². The summed E-state index contributed by atoms with van der Waals surface area (Å²) in [6.45, 7) is 0.322. The molecule has 0 spiro atoms. The molecule has 1 heterocycles. The zero-order valence-corrected chi connectivity index (χ0v) is 13.2. The molecule has 1 aromatic rings. The van der Waals surface area contributed by atoms with Gasteiger partial charge in [-0.05, 0) is 30.4 Å². The number of hydrogen-bond acceptors (Lipinski definition) is 4. The van der Waals surface area contributed by atoms with Crippen molar-refractivity contribution in [3.05, 3.63) is 29.8 Å². The van der Waals surface area contributed by atoms with E-state index in [2.05, 4.69) is 0 Å². The van der Waals surface area contributed by atoms with Crippen molar-refractivity contribution in [3.63, 3.8) is 0 Å². The molecule has 3 rings (SSSR count). The van der Waals surface area contributed by atoms with Gasteiger partial charge in [-0.2, -0.15) is 21.6 Å². The standard InChI is InChI=1S/C14H15F3N2O4S/c15-14(16,17)24(21,22)18-11-4-2-1-3-10(11)7-19-8-12(9-5-6-9)23-13(19)20/h1-4,9,12,18H,5-8H2. The number of nitrogens with zero attached hydrogens (tertiary/aromatic N) is 1. The molecule has 0 bridgehead atoms. The number of nitrogens with one attached hydrogen (secondary N) is 1. The third-order valence-corrected chi connectivity index (χ3v) is 5.08. The second-order valence-corrected chi connectivity index (χ2v) is 7.52. The molecule has 24 heavy (non-hydrogen) atoms. The predicted octanol–water partition coefficient (Wildman–Crippen LogP) is 2.68. The van der Waals surface area contributed by atoms with Crippen LogP contribution in [0.5, 0.6) is 0 Å². The van der Waals surface area contributed by atoms with Crippen molar-refractivity contribution in [2.75, 3.05) is 11.3 Å². The van der Waals surface area contributed by atoms with Crippen LogP contribution in [0.2, 0.25) is 0 Å². The Bertz CT molecular complexity index is 747. The minimum atomic E-state index is -5.52. The number of cyclic esters (lactones) is 1. The number of hydrogen-bond donors (Lipinski definition) is 1. The summed E-state index contributed by atoms with van der Waals surface area (Å²) in [5.74, 6) is 0.345. The van der Waals surface area contributed by atoms with Crippen molar-refractivity contribution in [2.24, 2.45) is 5.92 Å². The Morgan fingerprint density at radius 3 is 2.54 bits per heavy atom. The maximum atomic E-state index is 12.5. The first-order chi connectivity index (χ1) is 11.2. The number of alkyl halides is 3. The van der Waals surface area contributed by atoms with Gasteiger partial charge >= 0.3 is 21.6 Å². The third kappa shape index (κ3) is 3.42. The van der Waals surface area contributed by atoms with Gasteiger partial charge in [0.25, 0.3) is 0 Å². The normalized spacial score (nSPS) is 21.7. The molecule has 1 atom stereocenters. The maximum absolute atomic E-state index is 12.5. The van der Waals surface area contributed by atoms with Gasteiger partial charge in [0, 0.05) is 0 Å². The summed E-state index contributed by atoms with van der Waals surface area (Å²) >= 11 is 0. The quantitative estimate of drug-likeness (QED) is 0.872. The highest BCUT2D eigenvalue weighted by Gasteiger charge is 2.46. The van der Waals surface area contributed by atoms with Crippen LogP contribution in [0.4, 0.5) is 23.7 Å². The fourth-order valence-electron chi connectivity index (χ4n) is 2.54. The molecule has 2 fully saturated rings. The van der Waals surface area contributed by atoms with Gasteiger partial charge in [-0.3, -0.25) is 4.72 Å². The van der Waals surface area contributed by atoms with Crippen molar-refractivity contribution < 1.29 is 31.1 Å². The molecule has 1 saturated heterocycles. The Kier molecular flexibility index (Phi) is 4.10. The predicted molar refractivity (Wildman–Crippen MR) is 78.4 cm³/mol. The average Bonchev–Trinajstić information content (AvgIpc) is 3.25. The van der Waals surface area contributed by atoms with E-state index < -0.39 is 21.6 Å². The van der Waals surface area contributed by atoms with E-state index in [-0.39, 0.29) is 23.9 Å². The molecule has 0 aromatic heterocycles. The molecule has 2 aliphatic rings. The maximum Gasteiger partial charge on any atom is 0.516 e. The lowest BCUT2D eigenvalue weighted by Crippen LogP contribution is -2.31. The molecule has 1 aliphatic heterocycles. The van der Waals surface area contributed by atoms with Gasteiger partial charge in [-0.25, -0.2) is 4.79 Å². The van der Waals surface area contributed by atoms with Gasteiger partial charge in [-0.15, -0.1) is 0 Å². The van der Waals surface area contributed by atoms with E-state index in [1.807, 2.05) is 0 Å². The minimum absolute atomic E-state index is 0.0292. The Morgan fingerprint density at radius 1 is 1.25 bits per heavy atom. The highest BCUT2D eigenvalue weighted by atomic mass is 32.2. The van der Waals surface area contributed by atoms with Gasteiger partial charge in [0.1, 0.15) is 6.10 Å². The van der Waals surface area contributed by atoms with E-state index in [0.717, 1.165) is 12.8 Å². The summed E-state index contributed by atoms with van der Waals surface area (Å²) in [5.41, 5.74) is -5.36. The van der Waals surface area contributed by atoms with Crippen LogP contribution in [-0.2, 0) is 21.3 Å². The van der Waals surface area contributed by atoms with Crippen LogP contribution in [0.25, 0.3) is 0 Å². The molecular formula is C14H15F3N2O4S. The Labute approximate surface area is 136 Å². The van der Waals surface area contributed by atoms with Crippen LogP contribution in [-0.4, -0.2) is 37.6 Å². The molecule has 10 heteroatoms. The Hall–Kier alpha value is -1.97. The molecule has 1 amide bonds. The van der Waals surface area contributed by atoms with Crippen molar-refractivity contribution in [1.29, 1.82) is 0 Å². The van der Waals surface area contributed by atoms with E-state index in [1.165, 1.54) is 27.8 Å². The van der Waals surface area contributed by atoms with Crippen LogP contribution in [0.3, 0.4) is 0 Å². The molecule has 1 unspecified atom stereocenters. The van der Waals surface area contributed by atoms with Gasteiger partial charge in [0.2, 0.25) is 0 Å². The zero-order valence-electron chi connectivity index (χ0n) is 12.4. The first-order valence-corrected chi connectivity index (χ1v) is 8.78. The number of rotatable bonds is 5. The molecule has 132 valence electrons. The van der Waals surface area contributed by atoms with Crippen LogP contribution in [0.1, 0.15) is 18.4 Å². The number of halogens is 3. The summed E-state index contributed by atoms with van der Waals surface area (Å²) in [4.78, 5) is 13.2. The Morgan fingerprint density at radius 2 is 1.92 bits per heavy atom. The fourth-order valence-corrected chi connectivity index (χ4v) is 3.15. The first-order valence-electron chi connectivity index (χ1n) is 7.30. The molecule has 1 N–H and O–H groups in total. The number of amides is 1. The van der Waals surface area contributed by atoms with Crippen molar-refractivity contribution in [1.82, 2.24) is 4.90 Å². The van der Waals surface area contributed by atoms with Gasteiger partial charge < -0.3 is 9.64 Å². The summed E-state index contributed by atoms with van der Waals surface area (Å²) in [7, 11) is -5.52. The summed E-state index contributed by atoms with van der Waals surface area (Å²) < 4.78 is 66.9. The van der Waals surface area contributed by atoms with E-state index >= 15 is 0 Å². The van der Waals surface area contributed by atoms with Gasteiger partial charge in [0.05, 0.1) is 18.8 Å². The number of ether oxygens (including phenoxy) is 1. The highest BCUT2D eigenvalue weighted by molar-refractivity contribution is 7.93. The number of anilines is 1. The molecule has 1 aromatic carbocycles. The largest absolute Gasteiger partial charge is 0.516 e. The molecule has 1 aliphatic carbocycles. The van der Waals surface area contributed by atoms with E-state index in [0.29, 0.717) is 12.5 Å². The van der Waals surface area contributed by atoms with Crippen molar-refractivity contribution in [2.45, 2.75) is 31.0 Å². The lowest BCUT2D eigenvalue weighted by Gasteiger charge is -2.17. The van der Waals surface area contributed by atoms with Crippen molar-refractivity contribution >= 4 is 21.8 Å². The molecule has 6 nitrogen and oxygen atoms in total. The highest BCUT2D eigenvalue weighted by Crippen LogP contribution is 2.37. The van der Waals surface area contributed by atoms with Crippen LogP contribution >= 0.6 is 0 Å². The number of benzene rings is 1. The number of sulfonamides is 1. The average molecular weight is 364 g/mol. The second-order valence-electron chi connectivity index (χ2n) is 5.85. The molecule has 0 radical (unpaired) electrons.